The van der Waals surface area contributed by atoms with E-state index in [1.165, 1.54) is 11.1 Å². The lowest BCUT2D eigenvalue weighted by Gasteiger charge is -2.12. The Morgan fingerprint density at radius 2 is 1.81 bits per heavy atom. The zero-order valence-electron chi connectivity index (χ0n) is 16.1. The highest BCUT2D eigenvalue weighted by atomic mass is 127. The number of aromatic nitrogens is 2. The van der Waals surface area contributed by atoms with Crippen molar-refractivity contribution in [2.24, 2.45) is 4.99 Å². The summed E-state index contributed by atoms with van der Waals surface area (Å²) in [4.78, 5) is 8.32. The number of hydrogen-bond donors (Lipinski definition) is 2. The third kappa shape index (κ3) is 8.21. The first-order valence-electron chi connectivity index (χ1n) is 9.18. The predicted molar refractivity (Wildman–Crippen MR) is 120 cm³/mol. The second-order valence-corrected chi connectivity index (χ2v) is 6.58. The summed E-state index contributed by atoms with van der Waals surface area (Å²) in [6.07, 6.45) is 8.87. The number of rotatable bonds is 9. The molecular formula is C20H32IN5. The van der Waals surface area contributed by atoms with E-state index >= 15 is 0 Å². The fourth-order valence-electron chi connectivity index (χ4n) is 2.68. The smallest absolute Gasteiger partial charge is 0.190 e. The van der Waals surface area contributed by atoms with Gasteiger partial charge in [-0.25, -0.2) is 4.98 Å². The first kappa shape index (κ1) is 22.5. The summed E-state index contributed by atoms with van der Waals surface area (Å²) in [5, 5.41) is 6.74. The van der Waals surface area contributed by atoms with Crippen LogP contribution in [0.25, 0.3) is 0 Å². The van der Waals surface area contributed by atoms with Gasteiger partial charge in [-0.15, -0.1) is 24.0 Å². The molecule has 2 aromatic rings. The van der Waals surface area contributed by atoms with Crippen LogP contribution in [0.15, 0.2) is 48.0 Å². The number of nitrogens with zero attached hydrogens (tertiary/aromatic N) is 3. The molecule has 0 aliphatic carbocycles. The monoisotopic (exact) mass is 469 g/mol. The Kier molecular flexibility index (Phi) is 11.0. The summed E-state index contributed by atoms with van der Waals surface area (Å²) in [5.41, 5.74) is 2.80. The Morgan fingerprint density at radius 3 is 2.38 bits per heavy atom. The zero-order valence-corrected chi connectivity index (χ0v) is 18.4. The SMILES string of the molecule is CN=C(NCCCc1ccc(C(C)C)cc1)NCCCn1ccnc1.I. The fraction of sp³-hybridized carbons (Fsp3) is 0.500. The molecule has 0 aliphatic heterocycles. The minimum atomic E-state index is 0. The van der Waals surface area contributed by atoms with Gasteiger partial charge in [-0.3, -0.25) is 4.99 Å². The Labute approximate surface area is 174 Å². The molecule has 2 N–H and O–H groups in total. The topological polar surface area (TPSA) is 54.2 Å². The molecular weight excluding hydrogens is 437 g/mol. The lowest BCUT2D eigenvalue weighted by Crippen LogP contribution is -2.38. The van der Waals surface area contributed by atoms with Crippen molar-refractivity contribution in [3.63, 3.8) is 0 Å². The summed E-state index contributed by atoms with van der Waals surface area (Å²) in [6, 6.07) is 8.99. The second kappa shape index (κ2) is 12.7. The first-order chi connectivity index (χ1) is 12.2. The van der Waals surface area contributed by atoms with Gasteiger partial charge >= 0.3 is 0 Å². The van der Waals surface area contributed by atoms with E-state index < -0.39 is 0 Å². The number of benzene rings is 1. The molecule has 1 aromatic heterocycles. The van der Waals surface area contributed by atoms with Crippen LogP contribution in [0.3, 0.4) is 0 Å². The molecule has 1 aromatic carbocycles. The van der Waals surface area contributed by atoms with Crippen LogP contribution in [0.4, 0.5) is 0 Å². The van der Waals surface area contributed by atoms with Crippen LogP contribution in [-0.4, -0.2) is 35.6 Å². The molecule has 0 atom stereocenters. The summed E-state index contributed by atoms with van der Waals surface area (Å²) < 4.78 is 2.09. The largest absolute Gasteiger partial charge is 0.356 e. The molecule has 0 spiro atoms. The minimum Gasteiger partial charge on any atom is -0.356 e. The number of nitrogens with one attached hydrogen (secondary N) is 2. The van der Waals surface area contributed by atoms with Gasteiger partial charge in [0.05, 0.1) is 6.33 Å². The lowest BCUT2D eigenvalue weighted by molar-refractivity contribution is 0.623. The van der Waals surface area contributed by atoms with Crippen LogP contribution in [-0.2, 0) is 13.0 Å². The van der Waals surface area contributed by atoms with Crippen LogP contribution in [0, 0.1) is 0 Å². The average Bonchev–Trinajstić information content (AvgIpc) is 3.14. The minimum absolute atomic E-state index is 0. The average molecular weight is 469 g/mol. The summed E-state index contributed by atoms with van der Waals surface area (Å²) >= 11 is 0. The normalized spacial score (nSPS) is 11.3. The second-order valence-electron chi connectivity index (χ2n) is 6.58. The molecule has 0 amide bonds. The number of aryl methyl sites for hydroxylation is 2. The fourth-order valence-corrected chi connectivity index (χ4v) is 2.68. The van der Waals surface area contributed by atoms with Crippen molar-refractivity contribution in [2.75, 3.05) is 20.1 Å². The van der Waals surface area contributed by atoms with Crippen molar-refractivity contribution in [3.8, 4) is 0 Å². The Morgan fingerprint density at radius 1 is 1.12 bits per heavy atom. The van der Waals surface area contributed by atoms with Crippen LogP contribution in [0.5, 0.6) is 0 Å². The lowest BCUT2D eigenvalue weighted by atomic mass is 10.0. The Bertz CT molecular complexity index is 620. The number of aliphatic imine (C=N–C) groups is 1. The van der Waals surface area contributed by atoms with E-state index in [1.54, 1.807) is 0 Å². The standard InChI is InChI=1S/C20H31N5.HI/c1-17(2)19-9-7-18(8-10-19)6-4-11-23-20(21-3)24-12-5-14-25-15-13-22-16-25;/h7-10,13,15-17H,4-6,11-12,14H2,1-3H3,(H2,21,23,24);1H. The molecule has 0 radical (unpaired) electrons. The van der Waals surface area contributed by atoms with Gasteiger partial charge in [0.2, 0.25) is 0 Å². The third-order valence-corrected chi connectivity index (χ3v) is 4.25. The van der Waals surface area contributed by atoms with Crippen molar-refractivity contribution >= 4 is 29.9 Å². The van der Waals surface area contributed by atoms with E-state index in [0.717, 1.165) is 44.9 Å². The molecule has 26 heavy (non-hydrogen) atoms. The van der Waals surface area contributed by atoms with Gasteiger partial charge in [-0.1, -0.05) is 38.1 Å². The van der Waals surface area contributed by atoms with Crippen molar-refractivity contribution in [2.45, 2.75) is 45.6 Å². The highest BCUT2D eigenvalue weighted by molar-refractivity contribution is 14.0. The molecule has 0 bridgehead atoms. The molecule has 0 unspecified atom stereocenters. The Hall–Kier alpha value is -1.57. The van der Waals surface area contributed by atoms with Crippen LogP contribution < -0.4 is 10.6 Å². The van der Waals surface area contributed by atoms with Crippen LogP contribution >= 0.6 is 24.0 Å². The Balaban J connectivity index is 0.00000338. The predicted octanol–water partition coefficient (Wildman–Crippen LogP) is 3.81. The molecule has 0 aliphatic rings. The van der Waals surface area contributed by atoms with Gasteiger partial charge in [0, 0.05) is 39.1 Å². The number of hydrogen-bond acceptors (Lipinski definition) is 2. The number of halogens is 1. The van der Waals surface area contributed by atoms with Crippen LogP contribution in [0.2, 0.25) is 0 Å². The van der Waals surface area contributed by atoms with Gasteiger partial charge in [0.1, 0.15) is 0 Å². The highest BCUT2D eigenvalue weighted by Crippen LogP contribution is 2.15. The molecule has 0 saturated heterocycles. The maximum atomic E-state index is 4.27. The van der Waals surface area contributed by atoms with Gasteiger partial charge in [-0.05, 0) is 36.3 Å². The molecule has 1 heterocycles. The number of imidazole rings is 1. The van der Waals surface area contributed by atoms with E-state index in [1.807, 2.05) is 25.8 Å². The van der Waals surface area contributed by atoms with E-state index in [-0.39, 0.29) is 24.0 Å². The molecule has 144 valence electrons. The molecule has 0 fully saturated rings. The summed E-state index contributed by atoms with van der Waals surface area (Å²) in [7, 11) is 1.82. The van der Waals surface area contributed by atoms with E-state index in [0.29, 0.717) is 5.92 Å². The van der Waals surface area contributed by atoms with Crippen molar-refractivity contribution in [3.05, 3.63) is 54.1 Å². The quantitative estimate of drug-likeness (QED) is 0.254. The maximum Gasteiger partial charge on any atom is 0.190 e. The van der Waals surface area contributed by atoms with Crippen molar-refractivity contribution in [1.82, 2.24) is 20.2 Å². The van der Waals surface area contributed by atoms with E-state index in [2.05, 4.69) is 63.3 Å². The summed E-state index contributed by atoms with van der Waals surface area (Å²) in [6.45, 7) is 7.25. The zero-order chi connectivity index (χ0) is 17.9. The van der Waals surface area contributed by atoms with Gasteiger partial charge < -0.3 is 15.2 Å². The van der Waals surface area contributed by atoms with Gasteiger partial charge in [0.15, 0.2) is 5.96 Å². The van der Waals surface area contributed by atoms with Gasteiger partial charge in [0.25, 0.3) is 0 Å². The van der Waals surface area contributed by atoms with Crippen LogP contribution in [0.1, 0.15) is 43.7 Å². The van der Waals surface area contributed by atoms with E-state index in [9.17, 15) is 0 Å². The molecule has 0 saturated carbocycles. The van der Waals surface area contributed by atoms with Crippen molar-refractivity contribution in [1.29, 1.82) is 0 Å². The third-order valence-electron chi connectivity index (χ3n) is 4.25. The highest BCUT2D eigenvalue weighted by Gasteiger charge is 2.00. The molecule has 2 rings (SSSR count). The molecule has 6 heteroatoms. The first-order valence-corrected chi connectivity index (χ1v) is 9.18. The van der Waals surface area contributed by atoms with E-state index in [4.69, 9.17) is 0 Å². The van der Waals surface area contributed by atoms with Crippen molar-refractivity contribution < 1.29 is 0 Å². The van der Waals surface area contributed by atoms with Gasteiger partial charge in [-0.2, -0.15) is 0 Å². The summed E-state index contributed by atoms with van der Waals surface area (Å²) in [5.74, 6) is 1.47. The maximum absolute atomic E-state index is 4.27. The number of guanidine groups is 1. The molecule has 5 nitrogen and oxygen atoms in total.